The Bertz CT molecular complexity index is 215. The molecule has 0 aromatic carbocycles. The Hall–Kier alpha value is -0.520. The molecule has 0 amide bonds. The summed E-state index contributed by atoms with van der Waals surface area (Å²) in [6.07, 6.45) is 11.4. The largest absolute Gasteiger partial charge is 0.313 e. The Morgan fingerprint density at radius 3 is 2.93 bits per heavy atom. The van der Waals surface area contributed by atoms with Crippen molar-refractivity contribution in [2.45, 2.75) is 44.2 Å². The Labute approximate surface area is 87.1 Å². The van der Waals surface area contributed by atoms with Crippen molar-refractivity contribution in [3.63, 3.8) is 0 Å². The van der Waals surface area contributed by atoms with Crippen molar-refractivity contribution in [3.8, 4) is 12.3 Å². The Kier molecular flexibility index (Phi) is 3.44. The van der Waals surface area contributed by atoms with Crippen LogP contribution in [-0.2, 0) is 0 Å². The van der Waals surface area contributed by atoms with Gasteiger partial charge in [-0.25, -0.2) is 0 Å². The van der Waals surface area contributed by atoms with Crippen molar-refractivity contribution in [1.29, 1.82) is 0 Å². The van der Waals surface area contributed by atoms with Gasteiger partial charge in [0, 0.05) is 31.6 Å². The average molecular weight is 192 g/mol. The van der Waals surface area contributed by atoms with Gasteiger partial charge in [-0.1, -0.05) is 0 Å². The minimum Gasteiger partial charge on any atom is -0.313 e. The van der Waals surface area contributed by atoms with Gasteiger partial charge in [-0.15, -0.1) is 12.3 Å². The third kappa shape index (κ3) is 2.73. The minimum atomic E-state index is 0.730. The summed E-state index contributed by atoms with van der Waals surface area (Å²) in [4.78, 5) is 2.64. The second-order valence-electron chi connectivity index (χ2n) is 4.47. The van der Waals surface area contributed by atoms with Crippen LogP contribution < -0.4 is 5.32 Å². The van der Waals surface area contributed by atoms with Gasteiger partial charge in [-0.05, 0) is 32.2 Å². The van der Waals surface area contributed by atoms with Crippen LogP contribution in [0.25, 0.3) is 0 Å². The first-order chi connectivity index (χ1) is 6.90. The van der Waals surface area contributed by atoms with Gasteiger partial charge in [0.25, 0.3) is 0 Å². The average Bonchev–Trinajstić information content (AvgIpc) is 2.94. The highest BCUT2D eigenvalue weighted by Crippen LogP contribution is 2.29. The molecular formula is C12H20N2. The summed E-state index contributed by atoms with van der Waals surface area (Å²) >= 11 is 0. The van der Waals surface area contributed by atoms with Crippen LogP contribution in [0.5, 0.6) is 0 Å². The Morgan fingerprint density at radius 2 is 2.21 bits per heavy atom. The molecule has 1 unspecified atom stereocenters. The van der Waals surface area contributed by atoms with Crippen LogP contribution in [0.2, 0.25) is 0 Å². The first-order valence-electron chi connectivity index (χ1n) is 5.81. The molecule has 2 heteroatoms. The minimum absolute atomic E-state index is 0.730. The van der Waals surface area contributed by atoms with E-state index >= 15 is 0 Å². The van der Waals surface area contributed by atoms with E-state index in [1.165, 1.54) is 32.4 Å². The molecule has 14 heavy (non-hydrogen) atoms. The number of unbranched alkanes of at least 4 members (excludes halogenated alkanes) is 1. The number of likely N-dealkylation sites (tertiary alicyclic amines) is 1. The molecule has 0 aromatic heterocycles. The van der Waals surface area contributed by atoms with Crippen molar-refractivity contribution >= 4 is 0 Å². The molecule has 1 saturated heterocycles. The van der Waals surface area contributed by atoms with Crippen molar-refractivity contribution < 1.29 is 0 Å². The van der Waals surface area contributed by atoms with E-state index in [9.17, 15) is 0 Å². The molecule has 1 atom stereocenters. The molecule has 78 valence electrons. The molecule has 0 aromatic rings. The fraction of sp³-hybridized carbons (Fsp3) is 0.833. The normalized spacial score (nSPS) is 27.8. The maximum Gasteiger partial charge on any atom is 0.0207 e. The van der Waals surface area contributed by atoms with E-state index in [0.717, 1.165) is 31.5 Å². The van der Waals surface area contributed by atoms with E-state index in [0.29, 0.717) is 0 Å². The van der Waals surface area contributed by atoms with Gasteiger partial charge in [-0.3, -0.25) is 4.90 Å². The molecule has 0 spiro atoms. The van der Waals surface area contributed by atoms with Crippen LogP contribution in [0.3, 0.4) is 0 Å². The molecule has 2 fully saturated rings. The second-order valence-corrected chi connectivity index (χ2v) is 4.47. The van der Waals surface area contributed by atoms with Gasteiger partial charge in [0.15, 0.2) is 0 Å². The predicted molar refractivity (Wildman–Crippen MR) is 59.1 cm³/mol. The summed E-state index contributed by atoms with van der Waals surface area (Å²) in [5.41, 5.74) is 0. The monoisotopic (exact) mass is 192 g/mol. The van der Waals surface area contributed by atoms with Crippen LogP contribution in [0, 0.1) is 12.3 Å². The molecule has 2 aliphatic rings. The van der Waals surface area contributed by atoms with E-state index in [2.05, 4.69) is 16.1 Å². The molecule has 0 radical (unpaired) electrons. The highest BCUT2D eigenvalue weighted by atomic mass is 15.2. The summed E-state index contributed by atoms with van der Waals surface area (Å²) in [7, 11) is 0. The van der Waals surface area contributed by atoms with E-state index in [-0.39, 0.29) is 0 Å². The SMILES string of the molecule is C#CCCCNC1CCN(C2CC2)C1. The summed E-state index contributed by atoms with van der Waals surface area (Å²) < 4.78 is 0. The van der Waals surface area contributed by atoms with Crippen LogP contribution >= 0.6 is 0 Å². The van der Waals surface area contributed by atoms with E-state index in [1.807, 2.05) is 0 Å². The van der Waals surface area contributed by atoms with Crippen molar-refractivity contribution in [3.05, 3.63) is 0 Å². The number of nitrogens with one attached hydrogen (secondary N) is 1. The van der Waals surface area contributed by atoms with Crippen LogP contribution in [0.4, 0.5) is 0 Å². The maximum atomic E-state index is 5.21. The summed E-state index contributed by atoms with van der Waals surface area (Å²) in [5, 5.41) is 3.59. The molecule has 2 rings (SSSR count). The van der Waals surface area contributed by atoms with Crippen molar-refractivity contribution in [2.75, 3.05) is 19.6 Å². The van der Waals surface area contributed by atoms with E-state index in [1.54, 1.807) is 0 Å². The molecule has 1 saturated carbocycles. The zero-order chi connectivity index (χ0) is 9.80. The van der Waals surface area contributed by atoms with Crippen LogP contribution in [0.15, 0.2) is 0 Å². The number of hydrogen-bond donors (Lipinski definition) is 1. The fourth-order valence-corrected chi connectivity index (χ4v) is 2.22. The summed E-state index contributed by atoms with van der Waals surface area (Å²) in [5.74, 6) is 2.68. The van der Waals surface area contributed by atoms with Crippen molar-refractivity contribution in [1.82, 2.24) is 10.2 Å². The van der Waals surface area contributed by atoms with E-state index < -0.39 is 0 Å². The Morgan fingerprint density at radius 1 is 1.36 bits per heavy atom. The lowest BCUT2D eigenvalue weighted by Crippen LogP contribution is -2.33. The fourth-order valence-electron chi connectivity index (χ4n) is 2.22. The van der Waals surface area contributed by atoms with Gasteiger partial charge in [0.2, 0.25) is 0 Å². The van der Waals surface area contributed by atoms with Crippen LogP contribution in [0.1, 0.15) is 32.1 Å². The van der Waals surface area contributed by atoms with Crippen LogP contribution in [-0.4, -0.2) is 36.6 Å². The molecule has 1 N–H and O–H groups in total. The number of terminal acetylenes is 1. The van der Waals surface area contributed by atoms with Gasteiger partial charge in [0.1, 0.15) is 0 Å². The smallest absolute Gasteiger partial charge is 0.0207 e. The molecule has 2 nitrogen and oxygen atoms in total. The molecule has 1 aliphatic carbocycles. The van der Waals surface area contributed by atoms with Gasteiger partial charge < -0.3 is 5.32 Å². The third-order valence-electron chi connectivity index (χ3n) is 3.21. The first kappa shape index (κ1) is 10.0. The molecule has 1 heterocycles. The first-order valence-corrected chi connectivity index (χ1v) is 5.81. The highest BCUT2D eigenvalue weighted by Gasteiger charge is 2.33. The predicted octanol–water partition coefficient (Wildman–Crippen LogP) is 1.23. The lowest BCUT2D eigenvalue weighted by atomic mass is 10.2. The standard InChI is InChI=1S/C12H20N2/c1-2-3-4-8-13-11-7-9-14(10-11)12-5-6-12/h1,11-13H,3-10H2. The topological polar surface area (TPSA) is 15.3 Å². The van der Waals surface area contributed by atoms with Gasteiger partial charge in [-0.2, -0.15) is 0 Å². The third-order valence-corrected chi connectivity index (χ3v) is 3.21. The highest BCUT2D eigenvalue weighted by molar-refractivity contribution is 4.92. The van der Waals surface area contributed by atoms with Gasteiger partial charge in [0.05, 0.1) is 0 Å². The summed E-state index contributed by atoms with van der Waals surface area (Å²) in [6, 6.07) is 1.67. The zero-order valence-electron chi connectivity index (χ0n) is 8.84. The number of hydrogen-bond acceptors (Lipinski definition) is 2. The molecular weight excluding hydrogens is 172 g/mol. The maximum absolute atomic E-state index is 5.21. The van der Waals surface area contributed by atoms with Crippen molar-refractivity contribution in [2.24, 2.45) is 0 Å². The second kappa shape index (κ2) is 4.82. The summed E-state index contributed by atoms with van der Waals surface area (Å²) in [6.45, 7) is 3.66. The number of nitrogens with zero attached hydrogens (tertiary/aromatic N) is 1. The van der Waals surface area contributed by atoms with E-state index in [4.69, 9.17) is 6.42 Å². The zero-order valence-corrected chi connectivity index (χ0v) is 8.84. The molecule has 0 bridgehead atoms. The lowest BCUT2D eigenvalue weighted by molar-refractivity contribution is 0.317. The molecule has 1 aliphatic heterocycles. The quantitative estimate of drug-likeness (QED) is 0.520. The number of rotatable bonds is 5. The Balaban J connectivity index is 1.57. The lowest BCUT2D eigenvalue weighted by Gasteiger charge is -2.15. The van der Waals surface area contributed by atoms with Gasteiger partial charge >= 0.3 is 0 Å².